The summed E-state index contributed by atoms with van der Waals surface area (Å²) in [5.74, 6) is -0.753. The minimum atomic E-state index is -0.721. The first-order valence-corrected chi connectivity index (χ1v) is 9.05. The Morgan fingerprint density at radius 3 is 2.57 bits per heavy atom. The van der Waals surface area contributed by atoms with Crippen LogP contribution >= 0.6 is 0 Å². The van der Waals surface area contributed by atoms with Crippen LogP contribution in [-0.2, 0) is 22.5 Å². The number of benzene rings is 1. The van der Waals surface area contributed by atoms with Crippen LogP contribution in [0, 0.1) is 5.82 Å². The van der Waals surface area contributed by atoms with Crippen molar-refractivity contribution in [2.24, 2.45) is 0 Å². The van der Waals surface area contributed by atoms with E-state index in [2.05, 4.69) is 4.98 Å². The van der Waals surface area contributed by atoms with Crippen LogP contribution in [0.2, 0.25) is 0 Å². The van der Waals surface area contributed by atoms with E-state index >= 15 is 0 Å². The zero-order chi connectivity index (χ0) is 20.7. The van der Waals surface area contributed by atoms with Gasteiger partial charge in [0.2, 0.25) is 5.91 Å². The summed E-state index contributed by atoms with van der Waals surface area (Å²) in [7, 11) is 1.48. The molecule has 0 radical (unpaired) electrons. The normalized spacial score (nSPS) is 10.8. The highest BCUT2D eigenvalue weighted by Crippen LogP contribution is 2.18. The van der Waals surface area contributed by atoms with Gasteiger partial charge in [-0.25, -0.2) is 9.18 Å². The number of ether oxygens (including phenoxy) is 1. The van der Waals surface area contributed by atoms with Crippen molar-refractivity contribution in [3.8, 4) is 0 Å². The first-order valence-electron chi connectivity index (χ1n) is 9.05. The number of amides is 1. The maximum atomic E-state index is 13.0. The molecule has 28 heavy (non-hydrogen) atoms. The van der Waals surface area contributed by atoms with Crippen LogP contribution in [0.3, 0.4) is 0 Å². The molecule has 2 aromatic rings. The van der Waals surface area contributed by atoms with Crippen molar-refractivity contribution in [3.63, 3.8) is 0 Å². The Morgan fingerprint density at radius 1 is 1.29 bits per heavy atom. The molecule has 0 fully saturated rings. The van der Waals surface area contributed by atoms with Gasteiger partial charge in [0.1, 0.15) is 11.6 Å². The predicted octanol–water partition coefficient (Wildman–Crippen LogP) is 1.28. The van der Waals surface area contributed by atoms with E-state index in [1.165, 1.54) is 28.7 Å². The number of halogens is 1. The number of hydrogen-bond donors (Lipinski definition) is 2. The van der Waals surface area contributed by atoms with Gasteiger partial charge in [-0.2, -0.15) is 0 Å². The van der Waals surface area contributed by atoms with Crippen LogP contribution in [0.1, 0.15) is 25.3 Å². The molecule has 0 bridgehead atoms. The lowest BCUT2D eigenvalue weighted by Gasteiger charge is -2.24. The summed E-state index contributed by atoms with van der Waals surface area (Å²) in [5.41, 5.74) is 5.47. The molecule has 1 amide bonds. The molecule has 0 unspecified atom stereocenters. The highest BCUT2D eigenvalue weighted by atomic mass is 19.1. The Kier molecular flexibility index (Phi) is 7.51. The molecule has 1 aromatic carbocycles. The number of aryl methyl sites for hydroxylation is 1. The van der Waals surface area contributed by atoms with Gasteiger partial charge >= 0.3 is 5.69 Å². The quantitative estimate of drug-likeness (QED) is 0.668. The first kappa shape index (κ1) is 21.4. The Labute approximate surface area is 161 Å². The predicted molar refractivity (Wildman–Crippen MR) is 105 cm³/mol. The number of H-pyrrole nitrogens is 1. The summed E-state index contributed by atoms with van der Waals surface area (Å²) in [6.07, 6.45) is 1.09. The summed E-state index contributed by atoms with van der Waals surface area (Å²) >= 11 is 0. The smallest absolute Gasteiger partial charge is 0.330 e. The second-order valence-corrected chi connectivity index (χ2v) is 6.31. The number of nitrogens with two attached hydrogens (primary N) is 1. The molecule has 152 valence electrons. The van der Waals surface area contributed by atoms with Gasteiger partial charge in [0.05, 0.1) is 6.61 Å². The molecule has 0 aliphatic carbocycles. The Hall–Kier alpha value is -2.94. The SMILES string of the molecule is CCCn1c(N)c(N(CCOC)C(=O)CCc2ccc(F)cc2)c(=O)[nH]c1=O. The van der Waals surface area contributed by atoms with Gasteiger partial charge in [-0.05, 0) is 30.5 Å². The second kappa shape index (κ2) is 9.84. The van der Waals surface area contributed by atoms with Gasteiger partial charge in [-0.15, -0.1) is 0 Å². The van der Waals surface area contributed by atoms with E-state index in [-0.39, 0.29) is 42.8 Å². The van der Waals surface area contributed by atoms with Gasteiger partial charge < -0.3 is 15.4 Å². The molecular formula is C19H25FN4O4. The third-order valence-electron chi connectivity index (χ3n) is 4.29. The van der Waals surface area contributed by atoms with Crippen LogP contribution in [0.15, 0.2) is 33.9 Å². The third kappa shape index (κ3) is 5.07. The monoisotopic (exact) mass is 392 g/mol. The maximum absolute atomic E-state index is 13.0. The van der Waals surface area contributed by atoms with Crippen molar-refractivity contribution in [2.45, 2.75) is 32.7 Å². The molecule has 0 atom stereocenters. The van der Waals surface area contributed by atoms with E-state index in [0.717, 1.165) is 5.56 Å². The van der Waals surface area contributed by atoms with Crippen LogP contribution in [0.4, 0.5) is 15.9 Å². The van der Waals surface area contributed by atoms with E-state index in [1.54, 1.807) is 12.1 Å². The zero-order valence-corrected chi connectivity index (χ0v) is 16.0. The van der Waals surface area contributed by atoms with Crippen LogP contribution < -0.4 is 21.9 Å². The van der Waals surface area contributed by atoms with Gasteiger partial charge in [0.25, 0.3) is 5.56 Å². The molecule has 0 spiro atoms. The Morgan fingerprint density at radius 2 is 1.96 bits per heavy atom. The summed E-state index contributed by atoms with van der Waals surface area (Å²) < 4.78 is 19.3. The van der Waals surface area contributed by atoms with Crippen LogP contribution in [0.5, 0.6) is 0 Å². The van der Waals surface area contributed by atoms with Crippen molar-refractivity contribution in [2.75, 3.05) is 30.9 Å². The molecule has 8 nitrogen and oxygen atoms in total. The van der Waals surface area contributed by atoms with E-state index < -0.39 is 11.2 Å². The van der Waals surface area contributed by atoms with E-state index in [0.29, 0.717) is 19.4 Å². The lowest BCUT2D eigenvalue weighted by molar-refractivity contribution is -0.118. The Bertz CT molecular complexity index is 921. The number of aromatic nitrogens is 2. The zero-order valence-electron chi connectivity index (χ0n) is 16.0. The number of carbonyl (C=O) groups is 1. The number of anilines is 2. The highest BCUT2D eigenvalue weighted by Gasteiger charge is 2.23. The average Bonchev–Trinajstić information content (AvgIpc) is 2.66. The topological polar surface area (TPSA) is 110 Å². The minimum Gasteiger partial charge on any atom is -0.383 e. The second-order valence-electron chi connectivity index (χ2n) is 6.31. The molecular weight excluding hydrogens is 367 g/mol. The van der Waals surface area contributed by atoms with Crippen molar-refractivity contribution in [1.29, 1.82) is 0 Å². The summed E-state index contributed by atoms with van der Waals surface area (Å²) in [6, 6.07) is 5.85. The third-order valence-corrected chi connectivity index (χ3v) is 4.29. The Balaban J connectivity index is 2.33. The van der Waals surface area contributed by atoms with Crippen LogP contribution in [0.25, 0.3) is 0 Å². The number of aromatic amines is 1. The first-order chi connectivity index (χ1) is 13.4. The fourth-order valence-electron chi connectivity index (χ4n) is 2.86. The lowest BCUT2D eigenvalue weighted by atomic mass is 10.1. The number of methoxy groups -OCH3 is 1. The van der Waals surface area contributed by atoms with Gasteiger partial charge in [0.15, 0.2) is 5.69 Å². The summed E-state index contributed by atoms with van der Waals surface area (Å²) in [4.78, 5) is 40.7. The highest BCUT2D eigenvalue weighted by molar-refractivity contribution is 5.95. The van der Waals surface area contributed by atoms with Gasteiger partial charge in [0, 0.05) is 26.6 Å². The van der Waals surface area contributed by atoms with Crippen molar-refractivity contribution < 1.29 is 13.9 Å². The van der Waals surface area contributed by atoms with Gasteiger partial charge in [-0.1, -0.05) is 19.1 Å². The molecule has 2 rings (SSSR count). The number of hydrogen-bond acceptors (Lipinski definition) is 5. The molecule has 0 saturated heterocycles. The fraction of sp³-hybridized carbons (Fsp3) is 0.421. The minimum absolute atomic E-state index is 0.0539. The molecule has 0 aliphatic rings. The number of nitrogens with one attached hydrogen (secondary N) is 1. The summed E-state index contributed by atoms with van der Waals surface area (Å²) in [6.45, 7) is 2.48. The maximum Gasteiger partial charge on any atom is 0.330 e. The molecule has 1 aromatic heterocycles. The van der Waals surface area contributed by atoms with E-state index in [4.69, 9.17) is 10.5 Å². The average molecular weight is 392 g/mol. The number of nitrogen functional groups attached to an aromatic ring is 1. The number of rotatable bonds is 9. The van der Waals surface area contributed by atoms with Gasteiger partial charge in [-0.3, -0.25) is 19.1 Å². The molecule has 9 heteroatoms. The van der Waals surface area contributed by atoms with E-state index in [9.17, 15) is 18.8 Å². The van der Waals surface area contributed by atoms with Crippen molar-refractivity contribution in [1.82, 2.24) is 9.55 Å². The van der Waals surface area contributed by atoms with Crippen molar-refractivity contribution in [3.05, 3.63) is 56.5 Å². The van der Waals surface area contributed by atoms with E-state index in [1.807, 2.05) is 6.92 Å². The largest absolute Gasteiger partial charge is 0.383 e. The summed E-state index contributed by atoms with van der Waals surface area (Å²) in [5, 5.41) is 0. The lowest BCUT2D eigenvalue weighted by Crippen LogP contribution is -2.42. The number of carbonyl (C=O) groups excluding carboxylic acids is 1. The van der Waals surface area contributed by atoms with Crippen LogP contribution in [-0.4, -0.2) is 35.7 Å². The molecule has 0 aliphatic heterocycles. The van der Waals surface area contributed by atoms with Crippen molar-refractivity contribution >= 4 is 17.4 Å². The molecule has 1 heterocycles. The fourth-order valence-corrected chi connectivity index (χ4v) is 2.86. The molecule has 3 N–H and O–H groups in total. The molecule has 0 saturated carbocycles. The number of nitrogens with zero attached hydrogens (tertiary/aromatic N) is 2. The standard InChI is InChI=1S/C19H25FN4O4/c1-3-10-24-17(21)16(18(26)22-19(24)27)23(11-12-28-2)15(25)9-6-13-4-7-14(20)8-5-13/h4-5,7-8H,3,6,9-12,21H2,1-2H3,(H,22,26,27).